The lowest BCUT2D eigenvalue weighted by Crippen LogP contribution is -2.29. The van der Waals surface area contributed by atoms with Crippen molar-refractivity contribution in [2.24, 2.45) is 0 Å². The molecule has 0 aliphatic carbocycles. The minimum atomic E-state index is 0.437. The second-order valence-electron chi connectivity index (χ2n) is 5.03. The van der Waals surface area contributed by atoms with Crippen LogP contribution < -0.4 is 9.47 Å². The molecule has 2 rings (SSSR count). The van der Waals surface area contributed by atoms with Crippen LogP contribution in [0.25, 0.3) is 10.9 Å². The van der Waals surface area contributed by atoms with E-state index in [4.69, 9.17) is 9.47 Å². The number of rotatable bonds is 5. The predicted molar refractivity (Wildman–Crippen MR) is 78.2 cm³/mol. The fourth-order valence-electron chi connectivity index (χ4n) is 2.14. The molecule has 2 aromatic rings. The van der Waals surface area contributed by atoms with Crippen molar-refractivity contribution in [1.82, 2.24) is 9.47 Å². The molecule has 0 amide bonds. The second kappa shape index (κ2) is 5.53. The molecule has 4 nitrogen and oxygen atoms in total. The molecule has 0 saturated carbocycles. The number of benzene rings is 1. The van der Waals surface area contributed by atoms with Crippen LogP contribution in [-0.2, 0) is 6.54 Å². The van der Waals surface area contributed by atoms with Gasteiger partial charge in [0.25, 0.3) is 0 Å². The maximum absolute atomic E-state index is 5.49. The average molecular weight is 262 g/mol. The van der Waals surface area contributed by atoms with Gasteiger partial charge in [-0.25, -0.2) is 0 Å². The Morgan fingerprint density at radius 2 is 1.89 bits per heavy atom. The molecule has 0 spiro atoms. The van der Waals surface area contributed by atoms with E-state index in [0.717, 1.165) is 23.6 Å². The van der Waals surface area contributed by atoms with E-state index in [-0.39, 0.29) is 0 Å². The van der Waals surface area contributed by atoms with Crippen molar-refractivity contribution in [2.45, 2.75) is 19.5 Å². The molecule has 0 unspecified atom stereocenters. The molecule has 0 N–H and O–H groups in total. The topological polar surface area (TPSA) is 26.6 Å². The first-order chi connectivity index (χ1) is 9.06. The Morgan fingerprint density at radius 3 is 2.47 bits per heavy atom. The largest absolute Gasteiger partial charge is 0.497 e. The highest BCUT2D eigenvalue weighted by Crippen LogP contribution is 2.29. The Bertz CT molecular complexity index is 561. The van der Waals surface area contributed by atoms with Crippen molar-refractivity contribution < 1.29 is 9.47 Å². The van der Waals surface area contributed by atoms with E-state index < -0.39 is 0 Å². The Kier molecular flexibility index (Phi) is 4.00. The SMILES string of the molecule is COc1ccc2c(c1)cc(OC)n2C[C@@H](C)N(C)C. The highest BCUT2D eigenvalue weighted by Gasteiger charge is 2.13. The van der Waals surface area contributed by atoms with Crippen LogP contribution in [0, 0.1) is 0 Å². The lowest BCUT2D eigenvalue weighted by molar-refractivity contribution is 0.273. The summed E-state index contributed by atoms with van der Waals surface area (Å²) in [6.07, 6.45) is 0. The Balaban J connectivity index is 2.45. The number of methoxy groups -OCH3 is 2. The minimum Gasteiger partial charge on any atom is -0.497 e. The highest BCUT2D eigenvalue weighted by molar-refractivity contribution is 5.84. The van der Waals surface area contributed by atoms with Crippen molar-refractivity contribution in [3.05, 3.63) is 24.3 Å². The van der Waals surface area contributed by atoms with Gasteiger partial charge < -0.3 is 18.9 Å². The zero-order valence-electron chi connectivity index (χ0n) is 12.3. The number of hydrogen-bond acceptors (Lipinski definition) is 3. The average Bonchev–Trinajstić information content (AvgIpc) is 2.75. The third-order valence-electron chi connectivity index (χ3n) is 3.61. The van der Waals surface area contributed by atoms with Crippen molar-refractivity contribution >= 4 is 10.9 Å². The first-order valence-corrected chi connectivity index (χ1v) is 6.44. The van der Waals surface area contributed by atoms with E-state index in [1.54, 1.807) is 14.2 Å². The molecule has 0 aliphatic rings. The zero-order chi connectivity index (χ0) is 14.0. The summed E-state index contributed by atoms with van der Waals surface area (Å²) in [6.45, 7) is 3.10. The van der Waals surface area contributed by atoms with E-state index in [9.17, 15) is 0 Å². The van der Waals surface area contributed by atoms with E-state index in [1.807, 2.05) is 12.1 Å². The van der Waals surface area contributed by atoms with Crippen LogP contribution >= 0.6 is 0 Å². The molecular weight excluding hydrogens is 240 g/mol. The number of likely N-dealkylation sites (N-methyl/N-ethyl adjacent to an activating group) is 1. The van der Waals surface area contributed by atoms with Gasteiger partial charge in [0.2, 0.25) is 0 Å². The van der Waals surface area contributed by atoms with E-state index in [2.05, 4.69) is 42.6 Å². The third-order valence-corrected chi connectivity index (χ3v) is 3.61. The summed E-state index contributed by atoms with van der Waals surface area (Å²) < 4.78 is 13.0. The smallest absolute Gasteiger partial charge is 0.194 e. The highest BCUT2D eigenvalue weighted by atomic mass is 16.5. The van der Waals surface area contributed by atoms with Gasteiger partial charge in [-0.1, -0.05) is 0 Å². The molecule has 0 bridgehead atoms. The van der Waals surface area contributed by atoms with E-state index >= 15 is 0 Å². The van der Waals surface area contributed by atoms with Crippen LogP contribution in [0.15, 0.2) is 24.3 Å². The van der Waals surface area contributed by atoms with Gasteiger partial charge in [0.05, 0.1) is 19.7 Å². The normalized spacial score (nSPS) is 12.9. The van der Waals surface area contributed by atoms with Crippen LogP contribution in [-0.4, -0.2) is 43.8 Å². The van der Waals surface area contributed by atoms with Crippen LogP contribution in [0.3, 0.4) is 0 Å². The number of aromatic nitrogens is 1. The summed E-state index contributed by atoms with van der Waals surface area (Å²) in [6, 6.07) is 8.60. The molecule has 104 valence electrons. The fraction of sp³-hybridized carbons (Fsp3) is 0.467. The predicted octanol–water partition coefficient (Wildman–Crippen LogP) is 2.61. The summed E-state index contributed by atoms with van der Waals surface area (Å²) in [5, 5.41) is 1.14. The van der Waals surface area contributed by atoms with Gasteiger partial charge in [0.15, 0.2) is 5.88 Å². The van der Waals surface area contributed by atoms with Crippen molar-refractivity contribution in [3.8, 4) is 11.6 Å². The Morgan fingerprint density at radius 1 is 1.16 bits per heavy atom. The number of fused-ring (bicyclic) bond motifs is 1. The van der Waals surface area contributed by atoms with Crippen molar-refractivity contribution in [1.29, 1.82) is 0 Å². The third kappa shape index (κ3) is 2.68. The number of nitrogens with zero attached hydrogens (tertiary/aromatic N) is 2. The summed E-state index contributed by atoms with van der Waals surface area (Å²) in [5.74, 6) is 1.75. The van der Waals surface area contributed by atoms with Crippen molar-refractivity contribution in [2.75, 3.05) is 28.3 Å². The Labute approximate surface area is 114 Å². The van der Waals surface area contributed by atoms with Gasteiger partial charge in [-0.2, -0.15) is 0 Å². The number of ether oxygens (including phenoxy) is 2. The molecule has 1 aromatic carbocycles. The molecule has 0 aliphatic heterocycles. The zero-order valence-corrected chi connectivity index (χ0v) is 12.3. The fourth-order valence-corrected chi connectivity index (χ4v) is 2.14. The first kappa shape index (κ1) is 13.7. The standard InChI is InChI=1S/C15H22N2O2/c1-11(16(2)3)10-17-14-7-6-13(18-4)8-12(14)9-15(17)19-5/h6-9,11H,10H2,1-5H3/t11-/m1/s1. The quantitative estimate of drug-likeness (QED) is 0.828. The molecular formula is C15H22N2O2. The summed E-state index contributed by atoms with van der Waals surface area (Å²) in [7, 11) is 7.57. The first-order valence-electron chi connectivity index (χ1n) is 6.44. The monoisotopic (exact) mass is 262 g/mol. The molecule has 1 aromatic heterocycles. The van der Waals surface area contributed by atoms with Crippen LogP contribution in [0.5, 0.6) is 11.6 Å². The van der Waals surface area contributed by atoms with Gasteiger partial charge in [-0.3, -0.25) is 0 Å². The molecule has 0 saturated heterocycles. The maximum atomic E-state index is 5.49. The number of hydrogen-bond donors (Lipinski definition) is 0. The van der Waals surface area contributed by atoms with Gasteiger partial charge in [-0.15, -0.1) is 0 Å². The van der Waals surface area contributed by atoms with Crippen LogP contribution in [0.1, 0.15) is 6.92 Å². The molecule has 0 fully saturated rings. The molecule has 0 radical (unpaired) electrons. The van der Waals surface area contributed by atoms with Crippen molar-refractivity contribution in [3.63, 3.8) is 0 Å². The summed E-state index contributed by atoms with van der Waals surface area (Å²) in [4.78, 5) is 2.20. The lowest BCUT2D eigenvalue weighted by Gasteiger charge is -2.21. The van der Waals surface area contributed by atoms with E-state index in [1.165, 1.54) is 5.52 Å². The Hall–Kier alpha value is -1.68. The maximum Gasteiger partial charge on any atom is 0.194 e. The second-order valence-corrected chi connectivity index (χ2v) is 5.03. The molecule has 19 heavy (non-hydrogen) atoms. The molecule has 1 heterocycles. The van der Waals surface area contributed by atoms with Crippen LogP contribution in [0.2, 0.25) is 0 Å². The van der Waals surface area contributed by atoms with Gasteiger partial charge in [0, 0.05) is 24.0 Å². The summed E-state index contributed by atoms with van der Waals surface area (Å²) in [5.41, 5.74) is 1.17. The summed E-state index contributed by atoms with van der Waals surface area (Å²) >= 11 is 0. The van der Waals surface area contributed by atoms with Gasteiger partial charge in [-0.05, 0) is 39.2 Å². The molecule has 4 heteroatoms. The lowest BCUT2D eigenvalue weighted by atomic mass is 10.2. The van der Waals surface area contributed by atoms with Gasteiger partial charge in [0.1, 0.15) is 5.75 Å². The minimum absolute atomic E-state index is 0.437. The molecule has 1 atom stereocenters. The van der Waals surface area contributed by atoms with E-state index in [0.29, 0.717) is 6.04 Å². The van der Waals surface area contributed by atoms with Crippen LogP contribution in [0.4, 0.5) is 0 Å². The van der Waals surface area contributed by atoms with Gasteiger partial charge >= 0.3 is 0 Å².